The smallest absolute Gasteiger partial charge is 0.227 e. The van der Waals surface area contributed by atoms with Gasteiger partial charge in [0.1, 0.15) is 5.52 Å². The topological polar surface area (TPSA) is 31.0 Å². The first-order valence-electron chi connectivity index (χ1n) is 22.4. The number of nitrogens with zero attached hydrogens (tertiary/aromatic N) is 2. The number of benzene rings is 9. The predicted octanol–water partition coefficient (Wildman–Crippen LogP) is 16.2. The summed E-state index contributed by atoms with van der Waals surface area (Å²) in [5.74, 6) is 0.636. The van der Waals surface area contributed by atoms with Gasteiger partial charge in [0.2, 0.25) is 5.89 Å². The van der Waals surface area contributed by atoms with Crippen LogP contribution < -0.4 is 0 Å². The maximum Gasteiger partial charge on any atom is 0.227 e. The summed E-state index contributed by atoms with van der Waals surface area (Å²) in [5.41, 5.74) is 24.2. The third-order valence-corrected chi connectivity index (χ3v) is 14.5. The molecule has 3 heteroatoms. The minimum atomic E-state index is -0.0667. The van der Waals surface area contributed by atoms with Gasteiger partial charge >= 0.3 is 0 Å². The van der Waals surface area contributed by atoms with Gasteiger partial charge in [-0.25, -0.2) is 4.98 Å². The summed E-state index contributed by atoms with van der Waals surface area (Å²) in [6, 6.07) is 71.4. The van der Waals surface area contributed by atoms with Crippen molar-refractivity contribution in [1.29, 1.82) is 0 Å². The molecule has 0 bridgehead atoms. The zero-order valence-electron chi connectivity index (χ0n) is 36.3. The van der Waals surface area contributed by atoms with Crippen LogP contribution in [-0.4, -0.2) is 9.55 Å². The Hall–Kier alpha value is -7.75. The number of rotatable bonds is 5. The molecule has 0 saturated heterocycles. The van der Waals surface area contributed by atoms with Crippen LogP contribution in [0.1, 0.15) is 49.9 Å². The Kier molecular flexibility index (Phi) is 7.71. The van der Waals surface area contributed by atoms with E-state index >= 15 is 0 Å². The van der Waals surface area contributed by atoms with Crippen LogP contribution in [0.15, 0.2) is 199 Å². The van der Waals surface area contributed by atoms with E-state index < -0.39 is 0 Å². The van der Waals surface area contributed by atoms with Crippen molar-refractivity contribution in [2.24, 2.45) is 0 Å². The van der Waals surface area contributed by atoms with Crippen LogP contribution in [0.4, 0.5) is 0 Å². The van der Waals surface area contributed by atoms with Gasteiger partial charge in [-0.3, -0.25) is 0 Å². The lowest BCUT2D eigenvalue weighted by atomic mass is 9.81. The molecule has 64 heavy (non-hydrogen) atoms. The minimum absolute atomic E-state index is 0.0667. The number of aromatic nitrogens is 2. The molecule has 304 valence electrons. The normalized spacial score (nSPS) is 14.2. The number of hydrogen-bond acceptors (Lipinski definition) is 2. The quantitative estimate of drug-likeness (QED) is 0.173. The molecule has 2 heterocycles. The van der Waals surface area contributed by atoms with E-state index in [9.17, 15) is 0 Å². The van der Waals surface area contributed by atoms with Crippen LogP contribution in [-0.2, 0) is 10.8 Å². The molecule has 0 N–H and O–H groups in total. The summed E-state index contributed by atoms with van der Waals surface area (Å²) in [6.45, 7) is 9.44. The van der Waals surface area contributed by atoms with Crippen LogP contribution in [0.25, 0.3) is 106 Å². The molecular weight excluding hydrogens is 777 g/mol. The van der Waals surface area contributed by atoms with Crippen molar-refractivity contribution in [1.82, 2.24) is 9.55 Å². The number of oxazole rings is 1. The second-order valence-corrected chi connectivity index (χ2v) is 18.8. The van der Waals surface area contributed by atoms with Gasteiger partial charge in [-0.15, -0.1) is 0 Å². The van der Waals surface area contributed by atoms with Crippen molar-refractivity contribution in [3.8, 4) is 72.8 Å². The highest BCUT2D eigenvalue weighted by Crippen LogP contribution is 2.51. The van der Waals surface area contributed by atoms with Gasteiger partial charge in [-0.2, -0.15) is 0 Å². The van der Waals surface area contributed by atoms with Gasteiger partial charge < -0.3 is 8.98 Å². The maximum atomic E-state index is 6.05. The zero-order chi connectivity index (χ0) is 42.9. The third kappa shape index (κ3) is 5.37. The van der Waals surface area contributed by atoms with Crippen molar-refractivity contribution in [3.05, 3.63) is 216 Å². The predicted molar refractivity (Wildman–Crippen MR) is 265 cm³/mol. The van der Waals surface area contributed by atoms with Crippen molar-refractivity contribution >= 4 is 32.9 Å². The van der Waals surface area contributed by atoms with E-state index in [0.717, 1.165) is 33.5 Å². The highest BCUT2D eigenvalue weighted by Gasteiger charge is 2.36. The van der Waals surface area contributed by atoms with E-state index in [4.69, 9.17) is 9.40 Å². The molecule has 9 aromatic carbocycles. The summed E-state index contributed by atoms with van der Waals surface area (Å²) in [7, 11) is 0. The highest BCUT2D eigenvalue weighted by molar-refractivity contribution is 6.12. The lowest BCUT2D eigenvalue weighted by molar-refractivity contribution is 0.620. The highest BCUT2D eigenvalue weighted by atomic mass is 16.3. The Bertz CT molecular complexity index is 3510. The van der Waals surface area contributed by atoms with Crippen LogP contribution in [0.5, 0.6) is 0 Å². The molecule has 0 atom stereocenters. The Morgan fingerprint density at radius 3 is 1.34 bits per heavy atom. The first kappa shape index (κ1) is 36.9. The second-order valence-electron chi connectivity index (χ2n) is 18.8. The second kappa shape index (κ2) is 13.4. The fourth-order valence-electron chi connectivity index (χ4n) is 11.0. The molecule has 11 aromatic rings. The molecule has 2 aliphatic rings. The fraction of sp³-hybridized carbons (Fsp3) is 0.0984. The van der Waals surface area contributed by atoms with Crippen molar-refractivity contribution in [2.45, 2.75) is 38.5 Å². The molecule has 2 aromatic heterocycles. The van der Waals surface area contributed by atoms with Crippen LogP contribution in [0.2, 0.25) is 0 Å². The molecular formula is C61H44N2O. The Balaban J connectivity index is 0.923. The van der Waals surface area contributed by atoms with Gasteiger partial charge in [-0.1, -0.05) is 149 Å². The largest absolute Gasteiger partial charge is 0.436 e. The first-order chi connectivity index (χ1) is 31.2. The van der Waals surface area contributed by atoms with Crippen molar-refractivity contribution < 1.29 is 4.42 Å². The van der Waals surface area contributed by atoms with Gasteiger partial charge in [-0.05, 0) is 151 Å². The third-order valence-electron chi connectivity index (χ3n) is 14.5. The van der Waals surface area contributed by atoms with Crippen molar-refractivity contribution in [3.63, 3.8) is 0 Å². The molecule has 0 amide bonds. The lowest BCUT2D eigenvalue weighted by Crippen LogP contribution is -2.14. The van der Waals surface area contributed by atoms with E-state index in [1.54, 1.807) is 0 Å². The molecule has 3 nitrogen and oxygen atoms in total. The fourth-order valence-corrected chi connectivity index (χ4v) is 11.0. The molecule has 0 radical (unpaired) electrons. The van der Waals surface area contributed by atoms with Crippen LogP contribution in [0.3, 0.4) is 0 Å². The Morgan fingerprint density at radius 1 is 0.375 bits per heavy atom. The van der Waals surface area contributed by atoms with Gasteiger partial charge in [0.05, 0.1) is 11.0 Å². The number of hydrogen-bond donors (Lipinski definition) is 0. The molecule has 2 aliphatic carbocycles. The van der Waals surface area contributed by atoms with Gasteiger partial charge in [0.15, 0.2) is 5.58 Å². The average Bonchev–Trinajstić information content (AvgIpc) is 4.04. The van der Waals surface area contributed by atoms with E-state index in [-0.39, 0.29) is 10.8 Å². The molecule has 0 fully saturated rings. The molecule has 0 aliphatic heterocycles. The van der Waals surface area contributed by atoms with E-state index in [0.29, 0.717) is 5.89 Å². The van der Waals surface area contributed by atoms with Gasteiger partial charge in [0.25, 0.3) is 0 Å². The molecule has 0 unspecified atom stereocenters. The number of fused-ring (bicyclic) bond motifs is 10. The summed E-state index contributed by atoms with van der Waals surface area (Å²) in [4.78, 5) is 4.71. The SMILES string of the molecule is CC1(C)c2ccccc2-c2ccc(-c3ccc4c(c3)c3cc(-c5ccc6c(c5)C(C)(C)c5ccccc5-6)ccc3n4-c3ccc(-c4ccc(-c5nc6ccccc6o5)cc4)cc3)cc21. The monoisotopic (exact) mass is 820 g/mol. The Labute approximate surface area is 372 Å². The summed E-state index contributed by atoms with van der Waals surface area (Å²) >= 11 is 0. The molecule has 0 saturated carbocycles. The number of para-hydroxylation sites is 2. The van der Waals surface area contributed by atoms with E-state index in [1.165, 1.54) is 88.6 Å². The first-order valence-corrected chi connectivity index (χ1v) is 22.4. The van der Waals surface area contributed by atoms with E-state index in [2.05, 4.69) is 202 Å². The van der Waals surface area contributed by atoms with Crippen molar-refractivity contribution in [2.75, 3.05) is 0 Å². The summed E-state index contributed by atoms with van der Waals surface area (Å²) < 4.78 is 8.49. The molecule has 0 spiro atoms. The zero-order valence-corrected chi connectivity index (χ0v) is 36.3. The molecule has 13 rings (SSSR count). The standard InChI is InChI=1S/C61H44N2O/c1-60(2)51-13-7-5-11-45(51)47-29-23-42(35-53(47)60)40-25-31-56-49(33-40)50-34-41(43-24-30-48-46-12-6-8-14-52(46)61(3,4)54(48)36-43)26-32-57(50)63(56)44-27-21-38(22-28-44)37-17-19-39(20-18-37)59-62-55-15-9-10-16-58(55)64-59/h5-36H,1-4H3. The Morgan fingerprint density at radius 2 is 0.797 bits per heavy atom. The van der Waals surface area contributed by atoms with Crippen LogP contribution >= 0.6 is 0 Å². The summed E-state index contributed by atoms with van der Waals surface area (Å²) in [6.07, 6.45) is 0. The lowest BCUT2D eigenvalue weighted by Gasteiger charge is -2.22. The minimum Gasteiger partial charge on any atom is -0.436 e. The van der Waals surface area contributed by atoms with Crippen LogP contribution in [0, 0.1) is 0 Å². The van der Waals surface area contributed by atoms with E-state index in [1.807, 2.05) is 24.3 Å². The average molecular weight is 821 g/mol. The van der Waals surface area contributed by atoms with Gasteiger partial charge in [0, 0.05) is 32.9 Å². The summed E-state index contributed by atoms with van der Waals surface area (Å²) in [5, 5.41) is 2.48. The maximum absolute atomic E-state index is 6.05.